The van der Waals surface area contributed by atoms with E-state index in [1.54, 1.807) is 18.3 Å². The van der Waals surface area contributed by atoms with Gasteiger partial charge in [0.2, 0.25) is 0 Å². The maximum atomic E-state index is 11.1. The van der Waals surface area contributed by atoms with Crippen LogP contribution in [0.1, 0.15) is 11.5 Å². The van der Waals surface area contributed by atoms with Gasteiger partial charge < -0.3 is 15.8 Å². The van der Waals surface area contributed by atoms with E-state index in [1.807, 2.05) is 6.07 Å². The molecule has 84 valence electrons. The van der Waals surface area contributed by atoms with Crippen molar-refractivity contribution in [3.05, 3.63) is 35.0 Å². The molecule has 1 heterocycles. The molecule has 0 amide bonds. The molecule has 2 rings (SSSR count). The van der Waals surface area contributed by atoms with Crippen LogP contribution in [0.2, 0.25) is 5.02 Å². The van der Waals surface area contributed by atoms with Gasteiger partial charge in [0, 0.05) is 23.6 Å². The lowest BCUT2D eigenvalue weighted by atomic mass is 9.96. The molecule has 1 aromatic heterocycles. The van der Waals surface area contributed by atoms with Gasteiger partial charge in [-0.15, -0.1) is 0 Å². The second kappa shape index (κ2) is 4.15. The number of H-pyrrole nitrogens is 1. The molecule has 4 nitrogen and oxygen atoms in total. The minimum Gasteiger partial charge on any atom is -0.481 e. The average Bonchev–Trinajstić information content (AvgIpc) is 2.62. The van der Waals surface area contributed by atoms with E-state index in [0.29, 0.717) is 10.6 Å². The maximum Gasteiger partial charge on any atom is 0.312 e. The predicted molar refractivity (Wildman–Crippen MR) is 62.7 cm³/mol. The molecule has 0 fully saturated rings. The van der Waals surface area contributed by atoms with Crippen LogP contribution in [0.5, 0.6) is 0 Å². The highest BCUT2D eigenvalue weighted by Gasteiger charge is 2.21. The van der Waals surface area contributed by atoms with Crippen LogP contribution in [0.3, 0.4) is 0 Å². The highest BCUT2D eigenvalue weighted by Crippen LogP contribution is 2.31. The SMILES string of the molecule is NCC(C(=O)O)c1cccc2[nH]cc(Cl)c12. The summed E-state index contributed by atoms with van der Waals surface area (Å²) >= 11 is 6.02. The number of aromatic amines is 1. The molecule has 5 heteroatoms. The molecular formula is C11H11ClN2O2. The Morgan fingerprint density at radius 1 is 1.56 bits per heavy atom. The molecule has 0 aliphatic carbocycles. The number of hydrogen-bond acceptors (Lipinski definition) is 2. The van der Waals surface area contributed by atoms with Gasteiger partial charge in [-0.3, -0.25) is 4.79 Å². The fourth-order valence-electron chi connectivity index (χ4n) is 1.82. The molecule has 4 N–H and O–H groups in total. The summed E-state index contributed by atoms with van der Waals surface area (Å²) in [7, 11) is 0. The first kappa shape index (κ1) is 11.0. The monoisotopic (exact) mass is 238 g/mol. The summed E-state index contributed by atoms with van der Waals surface area (Å²) in [5.74, 6) is -1.66. The molecule has 0 saturated heterocycles. The molecule has 0 bridgehead atoms. The van der Waals surface area contributed by atoms with Crippen molar-refractivity contribution < 1.29 is 9.90 Å². The van der Waals surface area contributed by atoms with Gasteiger partial charge in [-0.05, 0) is 11.6 Å². The van der Waals surface area contributed by atoms with Crippen molar-refractivity contribution in [3.63, 3.8) is 0 Å². The van der Waals surface area contributed by atoms with Crippen LogP contribution in [0.4, 0.5) is 0 Å². The minimum absolute atomic E-state index is 0.0515. The maximum absolute atomic E-state index is 11.1. The Bertz CT molecular complexity index is 536. The lowest BCUT2D eigenvalue weighted by Gasteiger charge is -2.11. The minimum atomic E-state index is -0.938. The zero-order chi connectivity index (χ0) is 11.7. The predicted octanol–water partition coefficient (Wildman–Crippen LogP) is 1.95. The smallest absolute Gasteiger partial charge is 0.312 e. The molecule has 0 spiro atoms. The Kier molecular flexibility index (Phi) is 2.85. The van der Waals surface area contributed by atoms with Gasteiger partial charge in [-0.25, -0.2) is 0 Å². The number of nitrogens with two attached hydrogens (primary N) is 1. The Labute approximate surface area is 97.0 Å². The van der Waals surface area contributed by atoms with Crippen LogP contribution in [-0.2, 0) is 4.79 Å². The number of carboxylic acids is 1. The standard InChI is InChI=1S/C11H11ClN2O2/c12-8-5-14-9-3-1-2-6(10(8)9)7(4-13)11(15)16/h1-3,5,7,14H,4,13H2,(H,15,16). The first-order valence-electron chi connectivity index (χ1n) is 4.83. The van der Waals surface area contributed by atoms with Crippen molar-refractivity contribution in [2.45, 2.75) is 5.92 Å². The number of aromatic nitrogens is 1. The van der Waals surface area contributed by atoms with Gasteiger partial charge in [0.15, 0.2) is 0 Å². The second-order valence-electron chi connectivity index (χ2n) is 3.53. The van der Waals surface area contributed by atoms with Crippen molar-refractivity contribution in [1.29, 1.82) is 0 Å². The molecular weight excluding hydrogens is 228 g/mol. The van der Waals surface area contributed by atoms with Crippen LogP contribution >= 0.6 is 11.6 Å². The molecule has 1 atom stereocenters. The van der Waals surface area contributed by atoms with Gasteiger partial charge in [0.05, 0.1) is 10.9 Å². The Hall–Kier alpha value is -1.52. The molecule has 1 aromatic carbocycles. The third-order valence-electron chi connectivity index (χ3n) is 2.60. The van der Waals surface area contributed by atoms with E-state index in [9.17, 15) is 4.79 Å². The molecule has 16 heavy (non-hydrogen) atoms. The van der Waals surface area contributed by atoms with Crippen LogP contribution in [0.25, 0.3) is 10.9 Å². The number of fused-ring (bicyclic) bond motifs is 1. The molecule has 0 saturated carbocycles. The highest BCUT2D eigenvalue weighted by atomic mass is 35.5. The third kappa shape index (κ3) is 1.66. The number of aliphatic carboxylic acids is 1. The summed E-state index contributed by atoms with van der Waals surface area (Å²) in [5, 5.41) is 10.3. The van der Waals surface area contributed by atoms with E-state index >= 15 is 0 Å². The first-order chi connectivity index (χ1) is 7.65. The average molecular weight is 239 g/mol. The van der Waals surface area contributed by atoms with E-state index in [1.165, 1.54) is 0 Å². The fraction of sp³-hybridized carbons (Fsp3) is 0.182. The van der Waals surface area contributed by atoms with Gasteiger partial charge >= 0.3 is 5.97 Å². The topological polar surface area (TPSA) is 79.1 Å². The normalized spacial score (nSPS) is 12.9. The lowest BCUT2D eigenvalue weighted by Crippen LogP contribution is -2.21. The summed E-state index contributed by atoms with van der Waals surface area (Å²) in [6.07, 6.45) is 1.64. The fourth-order valence-corrected chi connectivity index (χ4v) is 2.09. The molecule has 1 unspecified atom stereocenters. The summed E-state index contributed by atoms with van der Waals surface area (Å²) in [6.45, 7) is 0.0515. The molecule has 2 aromatic rings. The first-order valence-corrected chi connectivity index (χ1v) is 5.21. The largest absolute Gasteiger partial charge is 0.481 e. The number of nitrogens with one attached hydrogen (secondary N) is 1. The van der Waals surface area contributed by atoms with Gasteiger partial charge in [-0.2, -0.15) is 0 Å². The Balaban J connectivity index is 2.67. The second-order valence-corrected chi connectivity index (χ2v) is 3.94. The van der Waals surface area contributed by atoms with E-state index < -0.39 is 11.9 Å². The molecule has 0 aliphatic heterocycles. The van der Waals surface area contributed by atoms with E-state index in [4.69, 9.17) is 22.4 Å². The summed E-state index contributed by atoms with van der Waals surface area (Å²) in [4.78, 5) is 14.1. The number of halogens is 1. The molecule has 0 radical (unpaired) electrons. The van der Waals surface area contributed by atoms with Crippen molar-refractivity contribution in [3.8, 4) is 0 Å². The van der Waals surface area contributed by atoms with Crippen molar-refractivity contribution in [2.24, 2.45) is 5.73 Å². The number of carbonyl (C=O) groups is 1. The van der Waals surface area contributed by atoms with Gasteiger partial charge in [-0.1, -0.05) is 23.7 Å². The summed E-state index contributed by atoms with van der Waals surface area (Å²) in [5.41, 5.74) is 6.95. The number of hydrogen-bond donors (Lipinski definition) is 3. The van der Waals surface area contributed by atoms with Crippen LogP contribution in [0.15, 0.2) is 24.4 Å². The highest BCUT2D eigenvalue weighted by molar-refractivity contribution is 6.36. The van der Waals surface area contributed by atoms with Crippen LogP contribution in [-0.4, -0.2) is 22.6 Å². The summed E-state index contributed by atoms with van der Waals surface area (Å²) < 4.78 is 0. The lowest BCUT2D eigenvalue weighted by molar-refractivity contribution is -0.138. The third-order valence-corrected chi connectivity index (χ3v) is 2.90. The number of carboxylic acid groups (broad SMARTS) is 1. The van der Waals surface area contributed by atoms with Gasteiger partial charge in [0.25, 0.3) is 0 Å². The van der Waals surface area contributed by atoms with Crippen LogP contribution in [0, 0.1) is 0 Å². The van der Waals surface area contributed by atoms with E-state index in [0.717, 1.165) is 10.9 Å². The number of benzene rings is 1. The van der Waals surface area contributed by atoms with E-state index in [2.05, 4.69) is 4.98 Å². The van der Waals surface area contributed by atoms with Gasteiger partial charge in [0.1, 0.15) is 0 Å². The van der Waals surface area contributed by atoms with Crippen LogP contribution < -0.4 is 5.73 Å². The van der Waals surface area contributed by atoms with Crippen molar-refractivity contribution >= 4 is 28.5 Å². The van der Waals surface area contributed by atoms with E-state index in [-0.39, 0.29) is 6.54 Å². The Morgan fingerprint density at radius 2 is 2.31 bits per heavy atom. The zero-order valence-electron chi connectivity index (χ0n) is 8.40. The van der Waals surface area contributed by atoms with Crippen molar-refractivity contribution in [1.82, 2.24) is 4.98 Å². The number of rotatable bonds is 3. The van der Waals surface area contributed by atoms with Crippen molar-refractivity contribution in [2.75, 3.05) is 6.54 Å². The summed E-state index contributed by atoms with van der Waals surface area (Å²) in [6, 6.07) is 5.38. The molecule has 0 aliphatic rings. The Morgan fingerprint density at radius 3 is 2.94 bits per heavy atom. The zero-order valence-corrected chi connectivity index (χ0v) is 9.16. The quantitative estimate of drug-likeness (QED) is 0.765.